The fourth-order valence-corrected chi connectivity index (χ4v) is 2.09. The van der Waals surface area contributed by atoms with Gasteiger partial charge in [-0.1, -0.05) is 31.5 Å². The lowest BCUT2D eigenvalue weighted by Gasteiger charge is -2.12. The van der Waals surface area contributed by atoms with Gasteiger partial charge in [0.05, 0.1) is 4.92 Å². The molecule has 0 saturated carbocycles. The number of anilines is 3. The molecule has 0 amide bonds. The highest BCUT2D eigenvalue weighted by molar-refractivity contribution is 5.69. The second-order valence-electron chi connectivity index (χ2n) is 4.60. The third-order valence-electron chi connectivity index (χ3n) is 3.12. The van der Waals surface area contributed by atoms with E-state index in [1.165, 1.54) is 6.07 Å². The summed E-state index contributed by atoms with van der Waals surface area (Å²) in [4.78, 5) is 14.9. The molecule has 0 saturated heterocycles. The number of pyridine rings is 1. The van der Waals surface area contributed by atoms with Gasteiger partial charge >= 0.3 is 5.69 Å². The Hall–Kier alpha value is -2.63. The molecule has 6 nitrogen and oxygen atoms in total. The largest absolute Gasteiger partial charge is 0.373 e. The van der Waals surface area contributed by atoms with E-state index >= 15 is 0 Å². The van der Waals surface area contributed by atoms with Gasteiger partial charge in [0.15, 0.2) is 0 Å². The van der Waals surface area contributed by atoms with Crippen LogP contribution in [0.5, 0.6) is 0 Å². The van der Waals surface area contributed by atoms with E-state index in [1.807, 2.05) is 24.3 Å². The van der Waals surface area contributed by atoms with Crippen molar-refractivity contribution in [3.05, 3.63) is 52.1 Å². The molecule has 21 heavy (non-hydrogen) atoms. The maximum Gasteiger partial charge on any atom is 0.311 e. The molecule has 0 spiro atoms. The van der Waals surface area contributed by atoms with Gasteiger partial charge in [-0.3, -0.25) is 10.1 Å². The topological polar surface area (TPSA) is 80.1 Å². The summed E-state index contributed by atoms with van der Waals surface area (Å²) < 4.78 is 0. The van der Waals surface area contributed by atoms with E-state index in [1.54, 1.807) is 13.1 Å². The molecule has 2 rings (SSSR count). The summed E-state index contributed by atoms with van der Waals surface area (Å²) in [5.74, 6) is 0.825. The quantitative estimate of drug-likeness (QED) is 0.624. The smallest absolute Gasteiger partial charge is 0.311 e. The Balaban J connectivity index is 2.40. The Morgan fingerprint density at radius 1 is 1.24 bits per heavy atom. The Morgan fingerprint density at radius 3 is 2.67 bits per heavy atom. The highest BCUT2D eigenvalue weighted by Gasteiger charge is 2.16. The SMILES string of the molecule is CCCc1ccccc1Nc1nc(NC)ccc1[N+](=O)[O-]. The first-order valence-corrected chi connectivity index (χ1v) is 6.83. The lowest BCUT2D eigenvalue weighted by molar-refractivity contribution is -0.384. The van der Waals surface area contributed by atoms with Gasteiger partial charge in [-0.15, -0.1) is 0 Å². The maximum atomic E-state index is 11.1. The van der Waals surface area contributed by atoms with Gasteiger partial charge in [0, 0.05) is 18.8 Å². The third kappa shape index (κ3) is 3.47. The maximum absolute atomic E-state index is 11.1. The molecule has 1 aromatic carbocycles. The predicted molar refractivity (Wildman–Crippen MR) is 84.2 cm³/mol. The van der Waals surface area contributed by atoms with E-state index < -0.39 is 4.92 Å². The van der Waals surface area contributed by atoms with Gasteiger partial charge < -0.3 is 10.6 Å². The van der Waals surface area contributed by atoms with Crippen LogP contribution in [0, 0.1) is 10.1 Å². The summed E-state index contributed by atoms with van der Waals surface area (Å²) in [5, 5.41) is 17.1. The number of hydrogen-bond donors (Lipinski definition) is 2. The van der Waals surface area contributed by atoms with Crippen molar-refractivity contribution in [2.75, 3.05) is 17.7 Å². The molecular formula is C15H18N4O2. The van der Waals surface area contributed by atoms with Crippen LogP contribution in [0.1, 0.15) is 18.9 Å². The molecule has 1 heterocycles. The minimum atomic E-state index is -0.433. The van der Waals surface area contributed by atoms with Crippen molar-refractivity contribution in [2.45, 2.75) is 19.8 Å². The fourth-order valence-electron chi connectivity index (χ4n) is 2.09. The van der Waals surface area contributed by atoms with Gasteiger partial charge in [0.2, 0.25) is 5.82 Å². The molecule has 6 heteroatoms. The number of hydrogen-bond acceptors (Lipinski definition) is 5. The van der Waals surface area contributed by atoms with Crippen LogP contribution in [-0.2, 0) is 6.42 Å². The van der Waals surface area contributed by atoms with Crippen molar-refractivity contribution in [2.24, 2.45) is 0 Å². The van der Waals surface area contributed by atoms with Crippen LogP contribution in [0.2, 0.25) is 0 Å². The number of rotatable bonds is 6. The van der Waals surface area contributed by atoms with E-state index in [4.69, 9.17) is 0 Å². The van der Waals surface area contributed by atoms with Crippen LogP contribution in [-0.4, -0.2) is 17.0 Å². The van der Waals surface area contributed by atoms with Gasteiger partial charge in [-0.05, 0) is 24.1 Å². The molecule has 2 aromatic rings. The first kappa shape index (κ1) is 14.8. The van der Waals surface area contributed by atoms with E-state index in [9.17, 15) is 10.1 Å². The first-order chi connectivity index (χ1) is 10.2. The molecule has 110 valence electrons. The van der Waals surface area contributed by atoms with Crippen LogP contribution in [0.25, 0.3) is 0 Å². The van der Waals surface area contributed by atoms with Crippen molar-refractivity contribution in [3.63, 3.8) is 0 Å². The minimum absolute atomic E-state index is 0.0414. The summed E-state index contributed by atoms with van der Waals surface area (Å²) in [5.41, 5.74) is 1.93. The Kier molecular flexibility index (Phi) is 4.71. The molecule has 0 bridgehead atoms. The summed E-state index contributed by atoms with van der Waals surface area (Å²) in [6, 6.07) is 10.8. The zero-order valence-electron chi connectivity index (χ0n) is 12.1. The highest BCUT2D eigenvalue weighted by atomic mass is 16.6. The fraction of sp³-hybridized carbons (Fsp3) is 0.267. The molecule has 0 radical (unpaired) electrons. The molecule has 2 N–H and O–H groups in total. The van der Waals surface area contributed by atoms with E-state index in [0.29, 0.717) is 5.82 Å². The Labute approximate surface area is 123 Å². The van der Waals surface area contributed by atoms with Crippen molar-refractivity contribution in [3.8, 4) is 0 Å². The summed E-state index contributed by atoms with van der Waals surface area (Å²) in [6.07, 6.45) is 1.91. The molecule has 0 atom stereocenters. The molecule has 0 aliphatic rings. The monoisotopic (exact) mass is 286 g/mol. The zero-order valence-corrected chi connectivity index (χ0v) is 12.1. The number of nitrogens with zero attached hydrogens (tertiary/aromatic N) is 2. The standard InChI is InChI=1S/C15H18N4O2/c1-3-6-11-7-4-5-8-12(11)17-15-13(19(20)21)9-10-14(16-2)18-15/h4-5,7-10H,3,6H2,1-2H3,(H2,16,17,18). The summed E-state index contributed by atoms with van der Waals surface area (Å²) in [6.45, 7) is 2.10. The lowest BCUT2D eigenvalue weighted by atomic mass is 10.1. The molecule has 0 aliphatic carbocycles. The third-order valence-corrected chi connectivity index (χ3v) is 3.12. The number of nitrogens with one attached hydrogen (secondary N) is 2. The van der Waals surface area contributed by atoms with Gasteiger partial charge in [0.1, 0.15) is 5.82 Å². The van der Waals surface area contributed by atoms with Crippen molar-refractivity contribution < 1.29 is 4.92 Å². The summed E-state index contributed by atoms with van der Waals surface area (Å²) >= 11 is 0. The average molecular weight is 286 g/mol. The average Bonchev–Trinajstić information content (AvgIpc) is 2.49. The van der Waals surface area contributed by atoms with Crippen LogP contribution >= 0.6 is 0 Å². The van der Waals surface area contributed by atoms with Gasteiger partial charge in [0.25, 0.3) is 0 Å². The molecule has 0 aliphatic heterocycles. The predicted octanol–water partition coefficient (Wildman–Crippen LogP) is 3.73. The van der Waals surface area contributed by atoms with E-state index in [2.05, 4.69) is 22.5 Å². The lowest BCUT2D eigenvalue weighted by Crippen LogP contribution is -2.04. The van der Waals surface area contributed by atoms with Crippen LogP contribution in [0.15, 0.2) is 36.4 Å². The number of aryl methyl sites for hydroxylation is 1. The van der Waals surface area contributed by atoms with E-state index in [-0.39, 0.29) is 11.5 Å². The van der Waals surface area contributed by atoms with Crippen molar-refractivity contribution >= 4 is 23.0 Å². The molecule has 1 aromatic heterocycles. The number of aromatic nitrogens is 1. The van der Waals surface area contributed by atoms with Crippen molar-refractivity contribution in [1.29, 1.82) is 0 Å². The number of para-hydroxylation sites is 1. The Bertz CT molecular complexity index is 643. The highest BCUT2D eigenvalue weighted by Crippen LogP contribution is 2.29. The van der Waals surface area contributed by atoms with E-state index in [0.717, 1.165) is 24.1 Å². The zero-order chi connectivity index (χ0) is 15.2. The molecule has 0 unspecified atom stereocenters. The van der Waals surface area contributed by atoms with Gasteiger partial charge in [-0.2, -0.15) is 0 Å². The van der Waals surface area contributed by atoms with Crippen molar-refractivity contribution in [1.82, 2.24) is 4.98 Å². The second kappa shape index (κ2) is 6.69. The normalized spacial score (nSPS) is 10.2. The van der Waals surface area contributed by atoms with Crippen LogP contribution in [0.4, 0.5) is 23.0 Å². The van der Waals surface area contributed by atoms with Gasteiger partial charge in [-0.25, -0.2) is 4.98 Å². The van der Waals surface area contributed by atoms with Crippen LogP contribution < -0.4 is 10.6 Å². The summed E-state index contributed by atoms with van der Waals surface area (Å²) in [7, 11) is 1.73. The van der Waals surface area contributed by atoms with Crippen LogP contribution in [0.3, 0.4) is 0 Å². The second-order valence-corrected chi connectivity index (χ2v) is 4.60. The molecule has 0 fully saturated rings. The Morgan fingerprint density at radius 2 is 2.00 bits per heavy atom. The first-order valence-electron chi connectivity index (χ1n) is 6.83. The number of benzene rings is 1. The molecular weight excluding hydrogens is 268 g/mol. The number of nitro groups is 1. The minimum Gasteiger partial charge on any atom is -0.373 e.